The van der Waals surface area contributed by atoms with Crippen LogP contribution in [0.5, 0.6) is 0 Å². The topological polar surface area (TPSA) is 65.5 Å². The molecule has 1 aromatic carbocycles. The first-order valence-corrected chi connectivity index (χ1v) is 6.99. The van der Waals surface area contributed by atoms with Gasteiger partial charge in [-0.2, -0.15) is 0 Å². The van der Waals surface area contributed by atoms with Crippen LogP contribution in [0.4, 0.5) is 9.93 Å². The van der Waals surface area contributed by atoms with E-state index < -0.39 is 5.60 Å². The minimum absolute atomic E-state index is 0.197. The van der Waals surface area contributed by atoms with Crippen LogP contribution in [0.3, 0.4) is 0 Å². The number of carbonyl (C=O) groups excluding carboxylic acids is 1. The number of urea groups is 1. The summed E-state index contributed by atoms with van der Waals surface area (Å²) in [4.78, 5) is 18.0. The van der Waals surface area contributed by atoms with Gasteiger partial charge in [0.1, 0.15) is 0 Å². The highest BCUT2D eigenvalue weighted by Gasteiger charge is 2.34. The molecule has 6 heteroatoms. The lowest BCUT2D eigenvalue weighted by Crippen LogP contribution is -2.36. The lowest BCUT2D eigenvalue weighted by molar-refractivity contribution is 0.0727. The van der Waals surface area contributed by atoms with Crippen molar-refractivity contribution in [2.75, 3.05) is 18.4 Å². The summed E-state index contributed by atoms with van der Waals surface area (Å²) in [7, 11) is 0. The number of likely N-dealkylation sites (tertiary alicyclic amines) is 1. The highest BCUT2D eigenvalue weighted by atomic mass is 32.1. The number of nitrogens with one attached hydrogen (secondary N) is 1. The molecule has 2 heterocycles. The van der Waals surface area contributed by atoms with Gasteiger partial charge >= 0.3 is 6.03 Å². The van der Waals surface area contributed by atoms with Crippen molar-refractivity contribution in [3.8, 4) is 0 Å². The van der Waals surface area contributed by atoms with Gasteiger partial charge in [-0.15, -0.1) is 0 Å². The van der Waals surface area contributed by atoms with Crippen LogP contribution in [-0.4, -0.2) is 39.7 Å². The number of para-hydroxylation sites is 1. The Morgan fingerprint density at radius 1 is 1.53 bits per heavy atom. The quantitative estimate of drug-likeness (QED) is 0.840. The number of hydrogen-bond donors (Lipinski definition) is 2. The minimum Gasteiger partial charge on any atom is -0.388 e. The van der Waals surface area contributed by atoms with Gasteiger partial charge < -0.3 is 10.0 Å². The maximum absolute atomic E-state index is 12.0. The summed E-state index contributed by atoms with van der Waals surface area (Å²) in [5.41, 5.74) is 0.113. The summed E-state index contributed by atoms with van der Waals surface area (Å²) in [6.45, 7) is 2.69. The molecule has 1 aromatic heterocycles. The van der Waals surface area contributed by atoms with Crippen LogP contribution in [0.15, 0.2) is 24.3 Å². The summed E-state index contributed by atoms with van der Waals surface area (Å²) in [6.07, 6.45) is 0.611. The number of amides is 2. The smallest absolute Gasteiger partial charge is 0.323 e. The maximum atomic E-state index is 12.0. The molecule has 1 aliphatic rings. The van der Waals surface area contributed by atoms with Crippen LogP contribution in [0.2, 0.25) is 0 Å². The molecule has 1 saturated heterocycles. The van der Waals surface area contributed by atoms with Crippen molar-refractivity contribution in [1.29, 1.82) is 0 Å². The lowest BCUT2D eigenvalue weighted by Gasteiger charge is -2.18. The molecule has 2 aromatic rings. The number of aliphatic hydroxyl groups is 1. The van der Waals surface area contributed by atoms with Gasteiger partial charge in [-0.25, -0.2) is 9.78 Å². The lowest BCUT2D eigenvalue weighted by atomic mass is 10.1. The number of thiazole rings is 1. The number of hydrogen-bond acceptors (Lipinski definition) is 4. The molecular formula is C13H15N3O2S. The van der Waals surface area contributed by atoms with Crippen molar-refractivity contribution >= 4 is 32.7 Å². The molecule has 0 bridgehead atoms. The number of aromatic nitrogens is 1. The first-order chi connectivity index (χ1) is 9.03. The number of anilines is 1. The zero-order valence-corrected chi connectivity index (χ0v) is 11.4. The average molecular weight is 277 g/mol. The van der Waals surface area contributed by atoms with E-state index >= 15 is 0 Å². The van der Waals surface area contributed by atoms with Crippen molar-refractivity contribution in [3.05, 3.63) is 24.3 Å². The van der Waals surface area contributed by atoms with E-state index in [-0.39, 0.29) is 6.03 Å². The Hall–Kier alpha value is -1.66. The number of nitrogens with zero attached hydrogens (tertiary/aromatic N) is 2. The van der Waals surface area contributed by atoms with Crippen molar-refractivity contribution in [3.63, 3.8) is 0 Å². The van der Waals surface area contributed by atoms with Crippen molar-refractivity contribution in [2.24, 2.45) is 0 Å². The van der Waals surface area contributed by atoms with Crippen LogP contribution >= 0.6 is 11.3 Å². The zero-order chi connectivity index (χ0) is 13.5. The maximum Gasteiger partial charge on any atom is 0.323 e. The molecule has 0 radical (unpaired) electrons. The standard InChI is InChI=1S/C13H15N3O2S/c1-13(18)6-7-16(8-13)12(17)15-11-14-9-4-2-3-5-10(9)19-11/h2-5,18H,6-8H2,1H3,(H,14,15,17)/t13-/m1/s1. The Morgan fingerprint density at radius 3 is 3.00 bits per heavy atom. The largest absolute Gasteiger partial charge is 0.388 e. The fourth-order valence-corrected chi connectivity index (χ4v) is 3.07. The van der Waals surface area contributed by atoms with E-state index in [0.717, 1.165) is 10.2 Å². The number of fused-ring (bicyclic) bond motifs is 1. The Kier molecular flexibility index (Phi) is 2.91. The Morgan fingerprint density at radius 2 is 2.32 bits per heavy atom. The van der Waals surface area contributed by atoms with Crippen molar-refractivity contribution in [2.45, 2.75) is 18.9 Å². The molecule has 1 aliphatic heterocycles. The molecule has 1 atom stereocenters. The minimum atomic E-state index is -0.773. The van der Waals surface area contributed by atoms with E-state index in [1.54, 1.807) is 11.8 Å². The highest BCUT2D eigenvalue weighted by Crippen LogP contribution is 2.26. The number of carbonyl (C=O) groups is 1. The molecule has 0 saturated carbocycles. The second-order valence-electron chi connectivity index (χ2n) is 5.09. The van der Waals surface area contributed by atoms with E-state index in [1.165, 1.54) is 11.3 Å². The molecule has 1 fully saturated rings. The molecule has 100 valence electrons. The summed E-state index contributed by atoms with van der Waals surface area (Å²) >= 11 is 1.45. The van der Waals surface area contributed by atoms with Crippen molar-refractivity contribution in [1.82, 2.24) is 9.88 Å². The summed E-state index contributed by atoms with van der Waals surface area (Å²) in [6, 6.07) is 7.57. The van der Waals surface area contributed by atoms with Gasteiger partial charge in [0.25, 0.3) is 0 Å². The van der Waals surface area contributed by atoms with E-state index in [4.69, 9.17) is 0 Å². The van der Waals surface area contributed by atoms with E-state index in [0.29, 0.717) is 24.6 Å². The SMILES string of the molecule is C[C@@]1(O)CCN(C(=O)Nc2nc3ccccc3s2)C1. The van der Waals surface area contributed by atoms with Gasteiger partial charge in [-0.05, 0) is 25.5 Å². The van der Waals surface area contributed by atoms with Crippen LogP contribution in [0, 0.1) is 0 Å². The number of benzene rings is 1. The van der Waals surface area contributed by atoms with Gasteiger partial charge in [0.15, 0.2) is 5.13 Å². The monoisotopic (exact) mass is 277 g/mol. The molecular weight excluding hydrogens is 262 g/mol. The van der Waals surface area contributed by atoms with E-state index in [2.05, 4.69) is 10.3 Å². The van der Waals surface area contributed by atoms with Gasteiger partial charge in [-0.1, -0.05) is 23.5 Å². The fraction of sp³-hybridized carbons (Fsp3) is 0.385. The molecule has 0 aliphatic carbocycles. The van der Waals surface area contributed by atoms with Crippen LogP contribution in [0.1, 0.15) is 13.3 Å². The molecule has 3 rings (SSSR count). The Bertz CT molecular complexity index is 590. The third-order valence-electron chi connectivity index (χ3n) is 3.25. The van der Waals surface area contributed by atoms with Gasteiger partial charge in [0, 0.05) is 6.54 Å². The van der Waals surface area contributed by atoms with Crippen molar-refractivity contribution < 1.29 is 9.90 Å². The first-order valence-electron chi connectivity index (χ1n) is 6.17. The molecule has 2 N–H and O–H groups in total. The van der Waals surface area contributed by atoms with Crippen LogP contribution in [-0.2, 0) is 0 Å². The van der Waals surface area contributed by atoms with Crippen LogP contribution < -0.4 is 5.32 Å². The third kappa shape index (κ3) is 2.54. The Balaban J connectivity index is 1.73. The highest BCUT2D eigenvalue weighted by molar-refractivity contribution is 7.22. The van der Waals surface area contributed by atoms with Crippen LogP contribution in [0.25, 0.3) is 10.2 Å². The first kappa shape index (κ1) is 12.4. The normalized spacial score (nSPS) is 22.9. The predicted molar refractivity (Wildman–Crippen MR) is 75.5 cm³/mol. The fourth-order valence-electron chi connectivity index (χ4n) is 2.21. The Labute approximate surface area is 114 Å². The predicted octanol–water partition coefficient (Wildman–Crippen LogP) is 2.28. The summed E-state index contributed by atoms with van der Waals surface area (Å²) in [5, 5.41) is 13.2. The van der Waals surface area contributed by atoms with Gasteiger partial charge in [0.2, 0.25) is 0 Å². The molecule has 5 nitrogen and oxygen atoms in total. The number of rotatable bonds is 1. The van der Waals surface area contributed by atoms with Gasteiger partial charge in [0.05, 0.1) is 22.4 Å². The summed E-state index contributed by atoms with van der Waals surface area (Å²) < 4.78 is 1.05. The average Bonchev–Trinajstić information content (AvgIpc) is 2.91. The second-order valence-corrected chi connectivity index (χ2v) is 6.12. The summed E-state index contributed by atoms with van der Waals surface area (Å²) in [5.74, 6) is 0. The zero-order valence-electron chi connectivity index (χ0n) is 10.6. The molecule has 0 unspecified atom stereocenters. The molecule has 2 amide bonds. The number of β-amino-alcohol motifs (C(OH)–C–C–N with tert-alkyl or cyclic N) is 1. The van der Waals surface area contributed by atoms with E-state index in [9.17, 15) is 9.90 Å². The van der Waals surface area contributed by atoms with E-state index in [1.807, 2.05) is 24.3 Å². The second kappa shape index (κ2) is 4.47. The van der Waals surface area contributed by atoms with Gasteiger partial charge in [-0.3, -0.25) is 5.32 Å². The third-order valence-corrected chi connectivity index (χ3v) is 4.20. The molecule has 0 spiro atoms. The molecule has 19 heavy (non-hydrogen) atoms.